The van der Waals surface area contributed by atoms with Gasteiger partial charge in [0, 0.05) is 0 Å². The minimum Gasteiger partial charge on any atom is -0.161 e. The molecule has 1 atom stereocenters. The number of hydrogen-bond acceptors (Lipinski definition) is 3. The van der Waals surface area contributed by atoms with Crippen molar-refractivity contribution in [1.29, 1.82) is 0 Å². The summed E-state index contributed by atoms with van der Waals surface area (Å²) in [6.45, 7) is 2.24. The Balaban J connectivity index is 3.09. The highest BCUT2D eigenvalue weighted by atomic mass is 32.3. The normalized spacial score (nSPS) is 14.5. The molecule has 19 heavy (non-hydrogen) atoms. The maximum atomic E-state index is 10.9. The maximum absolute atomic E-state index is 10.9. The van der Waals surface area contributed by atoms with E-state index in [-0.39, 0.29) is 5.75 Å². The van der Waals surface area contributed by atoms with Crippen LogP contribution in [0.2, 0.25) is 0 Å². The van der Waals surface area contributed by atoms with Crippen molar-refractivity contribution < 1.29 is 13.0 Å². The molecule has 0 spiro atoms. The molecular weight excluding hydrogens is 262 g/mol. The van der Waals surface area contributed by atoms with E-state index in [0.29, 0.717) is 6.42 Å². The molecule has 115 valence electrons. The fourth-order valence-corrected chi connectivity index (χ4v) is 2.82. The molecule has 1 radical (unpaired) electrons. The van der Waals surface area contributed by atoms with Gasteiger partial charge >= 0.3 is 10.5 Å². The minimum atomic E-state index is -3.45. The van der Waals surface area contributed by atoms with Crippen molar-refractivity contribution in [2.75, 3.05) is 5.75 Å². The topological polar surface area (TPSA) is 72.2 Å². The summed E-state index contributed by atoms with van der Waals surface area (Å²) in [6.07, 6.45) is 14.7. The third kappa shape index (κ3) is 14.3. The van der Waals surface area contributed by atoms with E-state index < -0.39 is 10.5 Å². The molecule has 4 nitrogen and oxygen atoms in total. The van der Waals surface area contributed by atoms with Gasteiger partial charge in [-0.05, 0) is 21.3 Å². The molecule has 0 aromatic heterocycles. The zero-order valence-electron chi connectivity index (χ0n) is 12.4. The SMILES string of the molecule is CCCCCCCCCCCCCC[S+]([O])(=O)ON. The van der Waals surface area contributed by atoms with Crippen LogP contribution < -0.4 is 5.90 Å². The van der Waals surface area contributed by atoms with Crippen molar-refractivity contribution >= 4 is 10.5 Å². The second kappa shape index (κ2) is 13.0. The van der Waals surface area contributed by atoms with Crippen LogP contribution in [0, 0.1) is 0 Å². The summed E-state index contributed by atoms with van der Waals surface area (Å²) < 4.78 is 25.8. The second-order valence-electron chi connectivity index (χ2n) is 5.25. The molecule has 0 rings (SSSR count). The molecule has 1 unspecified atom stereocenters. The lowest BCUT2D eigenvalue weighted by molar-refractivity contribution is 0.261. The monoisotopic (exact) mass is 293 g/mol. The average molecular weight is 293 g/mol. The van der Waals surface area contributed by atoms with Gasteiger partial charge < -0.3 is 0 Å². The number of rotatable bonds is 14. The number of nitrogens with two attached hydrogens (primary N) is 1. The summed E-state index contributed by atoms with van der Waals surface area (Å²) >= 11 is 0. The van der Waals surface area contributed by atoms with Gasteiger partial charge in [0.2, 0.25) is 0 Å². The Kier molecular flexibility index (Phi) is 13.1. The van der Waals surface area contributed by atoms with E-state index in [4.69, 9.17) is 0 Å². The molecule has 2 N–H and O–H groups in total. The maximum Gasteiger partial charge on any atom is 0.413 e. The molecule has 0 bridgehead atoms. The van der Waals surface area contributed by atoms with E-state index in [0.717, 1.165) is 12.8 Å². The molecule has 0 aliphatic heterocycles. The Morgan fingerprint density at radius 1 is 0.789 bits per heavy atom. The van der Waals surface area contributed by atoms with E-state index in [1.54, 1.807) is 0 Å². The van der Waals surface area contributed by atoms with Crippen LogP contribution in [0.25, 0.3) is 0 Å². The summed E-state index contributed by atoms with van der Waals surface area (Å²) in [6, 6.07) is 0. The summed E-state index contributed by atoms with van der Waals surface area (Å²) in [4.78, 5) is 0. The van der Waals surface area contributed by atoms with Crippen LogP contribution >= 0.6 is 0 Å². The van der Waals surface area contributed by atoms with Gasteiger partial charge in [0.15, 0.2) is 5.75 Å². The van der Waals surface area contributed by atoms with Crippen LogP contribution in [0.3, 0.4) is 0 Å². The van der Waals surface area contributed by atoms with Crippen molar-refractivity contribution in [3.8, 4) is 0 Å². The summed E-state index contributed by atoms with van der Waals surface area (Å²) in [7, 11) is -3.45. The highest BCUT2D eigenvalue weighted by Crippen LogP contribution is 2.13. The van der Waals surface area contributed by atoms with E-state index in [2.05, 4.69) is 17.1 Å². The first-order valence-corrected chi connectivity index (χ1v) is 9.31. The molecule has 5 heteroatoms. The van der Waals surface area contributed by atoms with Gasteiger partial charge in [0.1, 0.15) is 0 Å². The Morgan fingerprint density at radius 2 is 1.16 bits per heavy atom. The smallest absolute Gasteiger partial charge is 0.161 e. The van der Waals surface area contributed by atoms with Crippen molar-refractivity contribution in [2.45, 2.75) is 84.0 Å². The third-order valence-corrected chi connectivity index (χ3v) is 4.48. The fourth-order valence-electron chi connectivity index (χ4n) is 2.17. The molecule has 0 fully saturated rings. The quantitative estimate of drug-likeness (QED) is 0.294. The molecule has 0 aromatic rings. The Labute approximate surface area is 119 Å². The number of hydrogen-bond donors (Lipinski definition) is 1. The molecule has 0 aromatic carbocycles. The van der Waals surface area contributed by atoms with E-state index in [1.165, 1.54) is 57.8 Å². The van der Waals surface area contributed by atoms with Crippen LogP contribution in [-0.2, 0) is 23.5 Å². The van der Waals surface area contributed by atoms with Gasteiger partial charge in [0.05, 0.1) is 4.55 Å². The lowest BCUT2D eigenvalue weighted by Crippen LogP contribution is -2.20. The summed E-state index contributed by atoms with van der Waals surface area (Å²) in [5.41, 5.74) is 0. The number of unbranched alkanes of at least 4 members (excludes halogenated alkanes) is 11. The Hall–Kier alpha value is 0.0300. The first-order valence-electron chi connectivity index (χ1n) is 7.73. The van der Waals surface area contributed by atoms with Crippen molar-refractivity contribution in [3.63, 3.8) is 0 Å². The predicted octanol–water partition coefficient (Wildman–Crippen LogP) is 4.34. The van der Waals surface area contributed by atoms with E-state index >= 15 is 0 Å². The van der Waals surface area contributed by atoms with Crippen LogP contribution in [-0.4, -0.2) is 5.75 Å². The van der Waals surface area contributed by atoms with Gasteiger partial charge in [-0.1, -0.05) is 71.1 Å². The summed E-state index contributed by atoms with van der Waals surface area (Å²) in [5.74, 6) is 4.70. The molecule has 0 aliphatic rings. The second-order valence-corrected chi connectivity index (χ2v) is 6.96. The van der Waals surface area contributed by atoms with Gasteiger partial charge in [-0.3, -0.25) is 0 Å². The Morgan fingerprint density at radius 3 is 1.53 bits per heavy atom. The first kappa shape index (κ1) is 19.0. The zero-order chi connectivity index (χ0) is 14.4. The molecule has 0 amide bonds. The van der Waals surface area contributed by atoms with Crippen LogP contribution in [0.5, 0.6) is 0 Å². The molecule has 0 aliphatic carbocycles. The minimum absolute atomic E-state index is 0.0426. The largest absolute Gasteiger partial charge is 0.413 e. The van der Waals surface area contributed by atoms with Gasteiger partial charge in [-0.25, -0.2) is 0 Å². The van der Waals surface area contributed by atoms with Gasteiger partial charge in [-0.15, -0.1) is 0 Å². The standard InChI is InChI=1S/C14H31NO3S/c1-2-3-4-5-6-7-8-9-10-11-12-13-14-19(16,17)18-15/h2-15H2,1H3/q+1. The van der Waals surface area contributed by atoms with Gasteiger partial charge in [0.25, 0.3) is 0 Å². The van der Waals surface area contributed by atoms with Crippen LogP contribution in [0.4, 0.5) is 0 Å². The third-order valence-electron chi connectivity index (χ3n) is 3.39. The van der Waals surface area contributed by atoms with Crippen LogP contribution in [0.15, 0.2) is 0 Å². The van der Waals surface area contributed by atoms with Crippen molar-refractivity contribution in [2.24, 2.45) is 5.90 Å². The highest BCUT2D eigenvalue weighted by molar-refractivity contribution is 7.92. The molecule has 0 saturated carbocycles. The lowest BCUT2D eigenvalue weighted by atomic mass is 10.1. The van der Waals surface area contributed by atoms with Gasteiger partial charge in [-0.2, -0.15) is 5.90 Å². The first-order chi connectivity index (χ1) is 9.12. The lowest BCUT2D eigenvalue weighted by Gasteiger charge is -2.02. The predicted molar refractivity (Wildman–Crippen MR) is 80.0 cm³/mol. The van der Waals surface area contributed by atoms with Crippen LogP contribution in [0.1, 0.15) is 84.0 Å². The summed E-state index contributed by atoms with van der Waals surface area (Å²) in [5, 5.41) is 0. The molecule has 0 heterocycles. The van der Waals surface area contributed by atoms with Crippen molar-refractivity contribution in [3.05, 3.63) is 0 Å². The zero-order valence-corrected chi connectivity index (χ0v) is 13.2. The van der Waals surface area contributed by atoms with E-state index in [9.17, 15) is 8.76 Å². The molecular formula is C14H31NO3S+. The highest BCUT2D eigenvalue weighted by Gasteiger charge is 2.28. The van der Waals surface area contributed by atoms with E-state index in [1.807, 2.05) is 0 Å². The fraction of sp³-hybridized carbons (Fsp3) is 1.00. The van der Waals surface area contributed by atoms with Crippen molar-refractivity contribution in [1.82, 2.24) is 0 Å². The average Bonchev–Trinajstić information content (AvgIpc) is 2.40. The Bertz CT molecular complexity index is 237. The molecule has 0 saturated heterocycles.